The van der Waals surface area contributed by atoms with Crippen molar-refractivity contribution in [2.24, 2.45) is 0 Å². The maximum absolute atomic E-state index is 11.7. The van der Waals surface area contributed by atoms with Gasteiger partial charge in [0.05, 0.1) is 10.6 Å². The molecule has 1 heterocycles. The highest BCUT2D eigenvalue weighted by Gasteiger charge is 2.17. The van der Waals surface area contributed by atoms with Gasteiger partial charge >= 0.3 is 17.6 Å². The number of carbonyl (C=O) groups is 2. The van der Waals surface area contributed by atoms with Gasteiger partial charge in [0.15, 0.2) is 5.75 Å². The van der Waals surface area contributed by atoms with Crippen molar-refractivity contribution in [2.45, 2.75) is 26.7 Å². The number of aromatic nitrogens is 1. The minimum Gasteiger partial charge on any atom is -0.424 e. The van der Waals surface area contributed by atoms with Crippen LogP contribution in [0.4, 0.5) is 5.69 Å². The van der Waals surface area contributed by atoms with Crippen LogP contribution < -0.4 is 9.47 Å². The number of nitro benzene ring substituents is 1. The summed E-state index contributed by atoms with van der Waals surface area (Å²) in [5.41, 5.74) is 1.36. The number of fused-ring (bicyclic) bond motifs is 1. The fourth-order valence-corrected chi connectivity index (χ4v) is 2.75. The van der Waals surface area contributed by atoms with E-state index < -0.39 is 10.9 Å². The maximum Gasteiger partial charge on any atom is 0.312 e. The molecule has 8 heteroatoms. The lowest BCUT2D eigenvalue weighted by Gasteiger charge is -2.07. The third-order valence-electron chi connectivity index (χ3n) is 4.36. The molecular formula is C23H20N2O6. The van der Waals surface area contributed by atoms with E-state index in [1.165, 1.54) is 12.1 Å². The van der Waals surface area contributed by atoms with Gasteiger partial charge in [0, 0.05) is 24.3 Å². The van der Waals surface area contributed by atoms with Crippen LogP contribution in [0.5, 0.6) is 11.5 Å². The molecule has 1 aromatic heterocycles. The fourth-order valence-electron chi connectivity index (χ4n) is 2.75. The molecule has 0 atom stereocenters. The zero-order valence-corrected chi connectivity index (χ0v) is 17.0. The molecule has 0 saturated carbocycles. The van der Waals surface area contributed by atoms with Gasteiger partial charge in [-0.25, -0.2) is 4.98 Å². The summed E-state index contributed by atoms with van der Waals surface area (Å²) < 4.78 is 10.4. The van der Waals surface area contributed by atoms with Gasteiger partial charge in [-0.3, -0.25) is 19.7 Å². The van der Waals surface area contributed by atoms with E-state index in [0.717, 1.165) is 5.39 Å². The van der Waals surface area contributed by atoms with Crippen LogP contribution in [-0.4, -0.2) is 21.8 Å². The average Bonchev–Trinajstić information content (AvgIpc) is 2.78. The molecular weight excluding hydrogens is 400 g/mol. The summed E-state index contributed by atoms with van der Waals surface area (Å²) in [6.07, 6.45) is 3.71. The number of nitrogens with zero attached hydrogens (tertiary/aromatic N) is 2. The largest absolute Gasteiger partial charge is 0.424 e. The number of pyridine rings is 1. The summed E-state index contributed by atoms with van der Waals surface area (Å²) in [5, 5.41) is 12.2. The first kappa shape index (κ1) is 21.6. The predicted octanol–water partition coefficient (Wildman–Crippen LogP) is 4.94. The topological polar surface area (TPSA) is 109 Å². The summed E-state index contributed by atoms with van der Waals surface area (Å²) in [4.78, 5) is 38.4. The van der Waals surface area contributed by atoms with E-state index in [9.17, 15) is 19.7 Å². The van der Waals surface area contributed by atoms with Crippen LogP contribution in [0.15, 0.2) is 48.5 Å². The lowest BCUT2D eigenvalue weighted by atomic mass is 10.1. The SMILES string of the molecule is CCC(=O)Oc1ccc(/C=C/c2ccc3cccc(OC(=O)CC)c3n2)cc1[N+](=O)[O-]. The van der Waals surface area contributed by atoms with Crippen molar-refractivity contribution in [1.29, 1.82) is 0 Å². The van der Waals surface area contributed by atoms with Crippen LogP contribution in [0.1, 0.15) is 37.9 Å². The number of carbonyl (C=O) groups excluding carboxylic acids is 2. The number of ether oxygens (including phenoxy) is 2. The molecule has 0 unspecified atom stereocenters. The minimum atomic E-state index is -0.599. The van der Waals surface area contributed by atoms with Gasteiger partial charge in [0.1, 0.15) is 5.52 Å². The molecule has 0 fully saturated rings. The standard InChI is InChI=1S/C23H20N2O6/c1-3-21(26)30-19-13-9-15(14-18(19)25(28)29)8-11-17-12-10-16-6-5-7-20(23(16)24-17)31-22(27)4-2/h5-14H,3-4H2,1-2H3/b11-8+. The lowest BCUT2D eigenvalue weighted by Crippen LogP contribution is -2.07. The molecule has 158 valence electrons. The number of hydrogen-bond acceptors (Lipinski definition) is 7. The predicted molar refractivity (Wildman–Crippen MR) is 116 cm³/mol. The van der Waals surface area contributed by atoms with E-state index in [-0.39, 0.29) is 30.2 Å². The van der Waals surface area contributed by atoms with Gasteiger partial charge in [0.2, 0.25) is 5.75 Å². The zero-order valence-electron chi connectivity index (χ0n) is 17.0. The first-order valence-corrected chi connectivity index (χ1v) is 9.69. The molecule has 0 bridgehead atoms. The van der Waals surface area contributed by atoms with E-state index in [2.05, 4.69) is 4.98 Å². The molecule has 31 heavy (non-hydrogen) atoms. The number of hydrogen-bond donors (Lipinski definition) is 0. The van der Waals surface area contributed by atoms with Crippen LogP contribution in [0.25, 0.3) is 23.1 Å². The summed E-state index contributed by atoms with van der Waals surface area (Å²) in [6, 6.07) is 13.3. The number of benzene rings is 2. The summed E-state index contributed by atoms with van der Waals surface area (Å²) in [5.74, 6) is -0.629. The van der Waals surface area contributed by atoms with E-state index in [1.807, 2.05) is 12.1 Å². The highest BCUT2D eigenvalue weighted by Crippen LogP contribution is 2.29. The molecule has 0 N–H and O–H groups in total. The molecule has 0 saturated heterocycles. The monoisotopic (exact) mass is 420 g/mol. The average molecular weight is 420 g/mol. The fraction of sp³-hybridized carbons (Fsp3) is 0.174. The Morgan fingerprint density at radius 3 is 2.35 bits per heavy atom. The molecule has 0 aliphatic carbocycles. The number of esters is 2. The van der Waals surface area contributed by atoms with Gasteiger partial charge in [-0.2, -0.15) is 0 Å². The van der Waals surface area contributed by atoms with Gasteiger partial charge in [0.25, 0.3) is 0 Å². The lowest BCUT2D eigenvalue weighted by molar-refractivity contribution is -0.385. The highest BCUT2D eigenvalue weighted by atomic mass is 16.6. The summed E-state index contributed by atoms with van der Waals surface area (Å²) in [6.45, 7) is 3.32. The van der Waals surface area contributed by atoms with Crippen LogP contribution in [0.2, 0.25) is 0 Å². The summed E-state index contributed by atoms with van der Waals surface area (Å²) >= 11 is 0. The van der Waals surface area contributed by atoms with Crippen LogP contribution in [0.3, 0.4) is 0 Å². The number of nitro groups is 1. The Kier molecular flexibility index (Phi) is 6.71. The Hall–Kier alpha value is -4.07. The van der Waals surface area contributed by atoms with Crippen LogP contribution in [-0.2, 0) is 9.59 Å². The molecule has 2 aromatic carbocycles. The quantitative estimate of drug-likeness (QED) is 0.230. The molecule has 0 amide bonds. The minimum absolute atomic E-state index is 0.0970. The van der Waals surface area contributed by atoms with Crippen molar-refractivity contribution in [3.63, 3.8) is 0 Å². The van der Waals surface area contributed by atoms with Crippen LogP contribution >= 0.6 is 0 Å². The van der Waals surface area contributed by atoms with Gasteiger partial charge in [-0.05, 0) is 29.8 Å². The molecule has 0 radical (unpaired) electrons. The highest BCUT2D eigenvalue weighted by molar-refractivity contribution is 5.88. The van der Waals surface area contributed by atoms with E-state index >= 15 is 0 Å². The first-order chi connectivity index (χ1) is 14.9. The third-order valence-corrected chi connectivity index (χ3v) is 4.36. The second-order valence-electron chi connectivity index (χ2n) is 6.54. The second kappa shape index (κ2) is 9.62. The molecule has 0 aliphatic heterocycles. The molecule has 0 aliphatic rings. The van der Waals surface area contributed by atoms with Crippen LogP contribution in [0, 0.1) is 10.1 Å². The Morgan fingerprint density at radius 2 is 1.68 bits per heavy atom. The first-order valence-electron chi connectivity index (χ1n) is 9.69. The molecule has 0 spiro atoms. The van der Waals surface area contributed by atoms with Crippen molar-refractivity contribution in [3.05, 3.63) is 69.9 Å². The molecule has 8 nitrogen and oxygen atoms in total. The third kappa shape index (κ3) is 5.30. The zero-order chi connectivity index (χ0) is 22.4. The molecule has 3 rings (SSSR count). The summed E-state index contributed by atoms with van der Waals surface area (Å²) in [7, 11) is 0. The normalized spacial score (nSPS) is 10.9. The second-order valence-corrected chi connectivity index (χ2v) is 6.54. The van der Waals surface area contributed by atoms with Crippen molar-refractivity contribution in [3.8, 4) is 11.5 Å². The van der Waals surface area contributed by atoms with E-state index in [0.29, 0.717) is 22.5 Å². The number of rotatable bonds is 7. The Balaban J connectivity index is 1.91. The van der Waals surface area contributed by atoms with Crippen molar-refractivity contribution in [2.75, 3.05) is 0 Å². The maximum atomic E-state index is 11.7. The Labute approximate surface area is 178 Å². The smallest absolute Gasteiger partial charge is 0.312 e. The van der Waals surface area contributed by atoms with Crippen molar-refractivity contribution >= 4 is 40.7 Å². The van der Waals surface area contributed by atoms with Gasteiger partial charge in [-0.15, -0.1) is 0 Å². The van der Waals surface area contributed by atoms with Gasteiger partial charge < -0.3 is 9.47 Å². The Morgan fingerprint density at radius 1 is 0.968 bits per heavy atom. The van der Waals surface area contributed by atoms with E-state index in [1.54, 1.807) is 50.3 Å². The van der Waals surface area contributed by atoms with Gasteiger partial charge in [-0.1, -0.05) is 44.2 Å². The number of para-hydroxylation sites is 1. The van der Waals surface area contributed by atoms with Crippen molar-refractivity contribution in [1.82, 2.24) is 4.98 Å². The molecule has 3 aromatic rings. The Bertz CT molecular complexity index is 1190. The van der Waals surface area contributed by atoms with Crippen molar-refractivity contribution < 1.29 is 24.0 Å². The van der Waals surface area contributed by atoms with E-state index in [4.69, 9.17) is 9.47 Å².